The zero-order chi connectivity index (χ0) is 30.9. The first-order chi connectivity index (χ1) is 23.3. The molecule has 0 amide bonds. The highest BCUT2D eigenvalue weighted by molar-refractivity contribution is 7.27. The summed E-state index contributed by atoms with van der Waals surface area (Å²) in [5.41, 5.74) is 5.12. The van der Waals surface area contributed by atoms with Crippen molar-refractivity contribution in [1.82, 2.24) is 19.9 Å². The molecule has 4 nitrogen and oxygen atoms in total. The Hall–Kier alpha value is -5.34. The van der Waals surface area contributed by atoms with Gasteiger partial charge < -0.3 is 0 Å². The first kappa shape index (κ1) is 26.8. The zero-order valence-electron chi connectivity index (χ0n) is 24.7. The van der Waals surface area contributed by atoms with Gasteiger partial charge in [0.1, 0.15) is 5.01 Å². The summed E-state index contributed by atoms with van der Waals surface area (Å²) in [6, 6.07) is 46.6. The van der Waals surface area contributed by atoms with Gasteiger partial charge in [-0.05, 0) is 42.5 Å². The van der Waals surface area contributed by atoms with E-state index in [1.165, 1.54) is 39.7 Å². The highest BCUT2D eigenvalue weighted by Gasteiger charge is 2.20. The van der Waals surface area contributed by atoms with E-state index in [9.17, 15) is 0 Å². The Bertz CT molecular complexity index is 2780. The highest BCUT2D eigenvalue weighted by Crippen LogP contribution is 2.45. The van der Waals surface area contributed by atoms with E-state index in [1.807, 2.05) is 35.6 Å². The fourth-order valence-electron chi connectivity index (χ4n) is 6.40. The van der Waals surface area contributed by atoms with Crippen molar-refractivity contribution >= 4 is 84.6 Å². The zero-order valence-corrected chi connectivity index (χ0v) is 27.2. The molecule has 7 heteroatoms. The third-order valence-corrected chi connectivity index (χ3v) is 12.0. The van der Waals surface area contributed by atoms with Crippen molar-refractivity contribution in [3.8, 4) is 44.7 Å². The van der Waals surface area contributed by atoms with Gasteiger partial charge in [-0.1, -0.05) is 91.0 Å². The standard InChI is InChI=1S/C40H22N4S3/c1-2-10-23(11-3-1)37-42-38(24-20-21-32-29(22-24)25-12-4-6-17-31(25)45-32)44-39(43-37)27-14-9-19-34-35(27)26-13-8-15-28(36(26)46-34)40-41-30-16-5-7-18-33(30)47-40/h1-22H. The molecule has 0 saturated carbocycles. The second-order valence-electron chi connectivity index (χ2n) is 11.4. The van der Waals surface area contributed by atoms with Crippen molar-refractivity contribution in [2.75, 3.05) is 0 Å². The molecular formula is C40H22N4S3. The Morgan fingerprint density at radius 3 is 1.96 bits per heavy atom. The molecule has 6 aromatic carbocycles. The van der Waals surface area contributed by atoms with Gasteiger partial charge in [0.2, 0.25) is 0 Å². The molecule has 0 N–H and O–H groups in total. The van der Waals surface area contributed by atoms with Crippen molar-refractivity contribution in [1.29, 1.82) is 0 Å². The van der Waals surface area contributed by atoms with Crippen LogP contribution < -0.4 is 0 Å². The molecule has 0 unspecified atom stereocenters. The monoisotopic (exact) mass is 654 g/mol. The van der Waals surface area contributed by atoms with Gasteiger partial charge in [0, 0.05) is 62.6 Å². The van der Waals surface area contributed by atoms with E-state index in [4.69, 9.17) is 19.9 Å². The molecular weight excluding hydrogens is 633 g/mol. The van der Waals surface area contributed by atoms with Crippen molar-refractivity contribution in [2.24, 2.45) is 0 Å². The summed E-state index contributed by atoms with van der Waals surface area (Å²) in [6.45, 7) is 0. The first-order valence-electron chi connectivity index (χ1n) is 15.3. The van der Waals surface area contributed by atoms with Gasteiger partial charge in [0.05, 0.1) is 10.2 Å². The van der Waals surface area contributed by atoms with E-state index in [0.717, 1.165) is 38.2 Å². The maximum atomic E-state index is 5.19. The first-order valence-corrected chi connectivity index (χ1v) is 17.8. The fraction of sp³-hybridized carbons (Fsp3) is 0. The van der Waals surface area contributed by atoms with Gasteiger partial charge in [0.25, 0.3) is 0 Å². The Morgan fingerprint density at radius 1 is 0.383 bits per heavy atom. The predicted octanol–water partition coefficient (Wildman–Crippen LogP) is 11.9. The summed E-state index contributed by atoms with van der Waals surface area (Å²) in [4.78, 5) is 20.4. The van der Waals surface area contributed by atoms with Crippen molar-refractivity contribution in [3.05, 3.63) is 133 Å². The maximum absolute atomic E-state index is 5.19. The molecule has 0 fully saturated rings. The maximum Gasteiger partial charge on any atom is 0.164 e. The van der Waals surface area contributed by atoms with Gasteiger partial charge in [0.15, 0.2) is 17.5 Å². The molecule has 0 radical (unpaired) electrons. The summed E-state index contributed by atoms with van der Waals surface area (Å²) < 4.78 is 6.15. The molecule has 4 heterocycles. The average molecular weight is 655 g/mol. The fourth-order valence-corrected chi connectivity index (χ4v) is 9.79. The van der Waals surface area contributed by atoms with E-state index < -0.39 is 0 Å². The number of hydrogen-bond acceptors (Lipinski definition) is 7. The van der Waals surface area contributed by atoms with Gasteiger partial charge in [-0.3, -0.25) is 0 Å². The summed E-state index contributed by atoms with van der Waals surface area (Å²) in [5, 5.41) is 5.86. The SMILES string of the molecule is c1ccc(-c2nc(-c3ccc4sc5ccccc5c4c3)nc(-c3cccc4sc5c(-c6nc7ccccc7s6)cccc5c34)n2)cc1. The van der Waals surface area contributed by atoms with Gasteiger partial charge in [-0.15, -0.1) is 34.0 Å². The van der Waals surface area contributed by atoms with Crippen LogP contribution in [0, 0.1) is 0 Å². The summed E-state index contributed by atoms with van der Waals surface area (Å²) >= 11 is 5.36. The second-order valence-corrected chi connectivity index (χ2v) is 14.6. The smallest absolute Gasteiger partial charge is 0.164 e. The molecule has 0 spiro atoms. The molecule has 220 valence electrons. The topological polar surface area (TPSA) is 51.6 Å². The van der Waals surface area contributed by atoms with Crippen LogP contribution in [-0.4, -0.2) is 19.9 Å². The largest absolute Gasteiger partial charge is 0.236 e. The van der Waals surface area contributed by atoms with E-state index in [1.54, 1.807) is 22.7 Å². The van der Waals surface area contributed by atoms with Crippen molar-refractivity contribution in [3.63, 3.8) is 0 Å². The number of benzene rings is 6. The second kappa shape index (κ2) is 10.6. The number of fused-ring (bicyclic) bond motifs is 7. The third-order valence-electron chi connectivity index (χ3n) is 8.59. The third kappa shape index (κ3) is 4.39. The minimum atomic E-state index is 0.660. The van der Waals surface area contributed by atoms with Crippen LogP contribution in [0.2, 0.25) is 0 Å². The van der Waals surface area contributed by atoms with E-state index in [0.29, 0.717) is 17.5 Å². The van der Waals surface area contributed by atoms with Crippen LogP contribution in [-0.2, 0) is 0 Å². The van der Waals surface area contributed by atoms with Crippen molar-refractivity contribution in [2.45, 2.75) is 0 Å². The van der Waals surface area contributed by atoms with Crippen molar-refractivity contribution < 1.29 is 0 Å². The lowest BCUT2D eigenvalue weighted by atomic mass is 10.0. The number of thiophene rings is 2. The Morgan fingerprint density at radius 2 is 1.06 bits per heavy atom. The number of hydrogen-bond donors (Lipinski definition) is 0. The van der Waals surface area contributed by atoms with Crippen LogP contribution in [0.5, 0.6) is 0 Å². The van der Waals surface area contributed by atoms with Crippen LogP contribution in [0.3, 0.4) is 0 Å². The van der Waals surface area contributed by atoms with E-state index >= 15 is 0 Å². The lowest BCUT2D eigenvalue weighted by Crippen LogP contribution is -2.00. The van der Waals surface area contributed by atoms with Gasteiger partial charge in [-0.25, -0.2) is 19.9 Å². The molecule has 0 aliphatic rings. The minimum Gasteiger partial charge on any atom is -0.236 e. The summed E-state index contributed by atoms with van der Waals surface area (Å²) in [7, 11) is 0. The van der Waals surface area contributed by atoms with E-state index in [-0.39, 0.29) is 0 Å². The number of nitrogens with zero attached hydrogens (tertiary/aromatic N) is 4. The molecule has 10 aromatic rings. The van der Waals surface area contributed by atoms with E-state index in [2.05, 4.69) is 109 Å². The highest BCUT2D eigenvalue weighted by atomic mass is 32.1. The van der Waals surface area contributed by atoms with Gasteiger partial charge in [-0.2, -0.15) is 0 Å². The molecule has 0 saturated heterocycles. The van der Waals surface area contributed by atoms with Crippen LogP contribution in [0.15, 0.2) is 133 Å². The minimum absolute atomic E-state index is 0.660. The molecule has 0 atom stereocenters. The van der Waals surface area contributed by atoms with Gasteiger partial charge >= 0.3 is 0 Å². The predicted molar refractivity (Wildman–Crippen MR) is 201 cm³/mol. The molecule has 0 bridgehead atoms. The van der Waals surface area contributed by atoms with Crippen LogP contribution in [0.25, 0.3) is 95.3 Å². The molecule has 0 aliphatic heterocycles. The van der Waals surface area contributed by atoms with Crippen LogP contribution >= 0.6 is 34.0 Å². The number of thiazole rings is 1. The molecule has 4 aromatic heterocycles. The molecule has 10 rings (SSSR count). The average Bonchev–Trinajstić information content (AvgIpc) is 3.84. The quantitative estimate of drug-likeness (QED) is 0.189. The summed E-state index contributed by atoms with van der Waals surface area (Å²) in [5.74, 6) is 1.99. The Kier molecular flexibility index (Phi) is 6.05. The van der Waals surface area contributed by atoms with Crippen LogP contribution in [0.4, 0.5) is 0 Å². The Balaban J connectivity index is 1.20. The lowest BCUT2D eigenvalue weighted by Gasteiger charge is -2.10. The normalized spacial score (nSPS) is 11.8. The van der Waals surface area contributed by atoms with Crippen LogP contribution in [0.1, 0.15) is 0 Å². The molecule has 0 aliphatic carbocycles. The lowest BCUT2D eigenvalue weighted by molar-refractivity contribution is 1.08. The summed E-state index contributed by atoms with van der Waals surface area (Å²) in [6.07, 6.45) is 0. The number of para-hydroxylation sites is 1. The molecule has 47 heavy (non-hydrogen) atoms. The number of aromatic nitrogens is 4. The Labute approximate surface area is 281 Å². The number of rotatable bonds is 4.